The van der Waals surface area contributed by atoms with Crippen molar-refractivity contribution in [1.82, 2.24) is 10.2 Å². The smallest absolute Gasteiger partial charge is 0.193 e. The Morgan fingerprint density at radius 1 is 1.40 bits per heavy atom. The Balaban J connectivity index is 1.85. The van der Waals surface area contributed by atoms with E-state index >= 15 is 0 Å². The molecule has 0 aliphatic carbocycles. The normalized spacial score (nSPS) is 18.4. The first-order chi connectivity index (χ1) is 9.52. The van der Waals surface area contributed by atoms with E-state index in [9.17, 15) is 4.39 Å². The summed E-state index contributed by atoms with van der Waals surface area (Å²) in [5.74, 6) is 0.790. The molecule has 1 saturated heterocycles. The van der Waals surface area contributed by atoms with Gasteiger partial charge in [-0.05, 0) is 29.9 Å². The van der Waals surface area contributed by atoms with Crippen LogP contribution < -0.4 is 5.32 Å². The van der Waals surface area contributed by atoms with E-state index in [2.05, 4.69) is 29.1 Å². The van der Waals surface area contributed by atoms with Gasteiger partial charge in [-0.2, -0.15) is 0 Å². The Morgan fingerprint density at radius 3 is 2.75 bits per heavy atom. The highest BCUT2D eigenvalue weighted by atomic mass is 19.1. The number of hydrogen-bond donors (Lipinski definition) is 1. The molecule has 0 saturated carbocycles. The van der Waals surface area contributed by atoms with Crippen LogP contribution in [0.5, 0.6) is 0 Å². The molecule has 0 aromatic heterocycles. The molecule has 3 nitrogen and oxygen atoms in total. The lowest BCUT2D eigenvalue weighted by molar-refractivity contribution is 0.370. The minimum atomic E-state index is -0.133. The van der Waals surface area contributed by atoms with Crippen LogP contribution in [0.2, 0.25) is 0 Å². The van der Waals surface area contributed by atoms with Crippen molar-refractivity contribution >= 4 is 5.96 Å². The molecule has 0 spiro atoms. The second-order valence-corrected chi connectivity index (χ2v) is 6.15. The molecule has 110 valence electrons. The predicted octanol–water partition coefficient (Wildman–Crippen LogP) is 2.68. The van der Waals surface area contributed by atoms with Gasteiger partial charge in [0.05, 0.1) is 0 Å². The SMILES string of the molecule is CN=C(NCCc1ccccc1F)N1CCC(C)(C)C1. The summed E-state index contributed by atoms with van der Waals surface area (Å²) >= 11 is 0. The van der Waals surface area contributed by atoms with E-state index in [1.807, 2.05) is 12.1 Å². The predicted molar refractivity (Wildman–Crippen MR) is 81.4 cm³/mol. The van der Waals surface area contributed by atoms with Gasteiger partial charge in [-0.25, -0.2) is 4.39 Å². The summed E-state index contributed by atoms with van der Waals surface area (Å²) in [6.45, 7) is 7.31. The van der Waals surface area contributed by atoms with Crippen LogP contribution in [0.1, 0.15) is 25.8 Å². The quantitative estimate of drug-likeness (QED) is 0.679. The largest absolute Gasteiger partial charge is 0.356 e. The molecule has 2 rings (SSSR count). The average molecular weight is 277 g/mol. The Hall–Kier alpha value is -1.58. The van der Waals surface area contributed by atoms with E-state index in [0.717, 1.165) is 24.6 Å². The highest BCUT2D eigenvalue weighted by Gasteiger charge is 2.30. The molecule has 1 heterocycles. The average Bonchev–Trinajstić information content (AvgIpc) is 2.77. The van der Waals surface area contributed by atoms with E-state index in [1.165, 1.54) is 12.5 Å². The molecule has 0 bridgehead atoms. The highest BCUT2D eigenvalue weighted by Crippen LogP contribution is 2.28. The van der Waals surface area contributed by atoms with E-state index in [1.54, 1.807) is 13.1 Å². The summed E-state index contributed by atoms with van der Waals surface area (Å²) in [5, 5.41) is 3.33. The summed E-state index contributed by atoms with van der Waals surface area (Å²) in [5.41, 5.74) is 1.10. The number of likely N-dealkylation sites (tertiary alicyclic amines) is 1. The molecule has 0 atom stereocenters. The van der Waals surface area contributed by atoms with Crippen LogP contribution in [0.25, 0.3) is 0 Å². The fourth-order valence-electron chi connectivity index (χ4n) is 2.64. The van der Waals surface area contributed by atoms with Gasteiger partial charge in [0.25, 0.3) is 0 Å². The molecular weight excluding hydrogens is 253 g/mol. The molecule has 1 aliphatic heterocycles. The van der Waals surface area contributed by atoms with Crippen LogP contribution in [0.4, 0.5) is 4.39 Å². The molecular formula is C16H24FN3. The minimum absolute atomic E-state index is 0.133. The van der Waals surface area contributed by atoms with Gasteiger partial charge in [-0.3, -0.25) is 4.99 Å². The number of benzene rings is 1. The van der Waals surface area contributed by atoms with Crippen molar-refractivity contribution in [2.24, 2.45) is 10.4 Å². The molecule has 1 aromatic rings. The van der Waals surface area contributed by atoms with Crippen LogP contribution >= 0.6 is 0 Å². The lowest BCUT2D eigenvalue weighted by Crippen LogP contribution is -2.41. The van der Waals surface area contributed by atoms with Crippen LogP contribution in [0, 0.1) is 11.2 Å². The second kappa shape index (κ2) is 6.25. The van der Waals surface area contributed by atoms with E-state index in [0.29, 0.717) is 18.4 Å². The maximum Gasteiger partial charge on any atom is 0.193 e. The molecule has 4 heteroatoms. The lowest BCUT2D eigenvalue weighted by atomic mass is 9.93. The van der Waals surface area contributed by atoms with Crippen molar-refractivity contribution in [3.8, 4) is 0 Å². The van der Waals surface area contributed by atoms with Crippen molar-refractivity contribution in [3.63, 3.8) is 0 Å². The standard InChI is InChI=1S/C16H24FN3/c1-16(2)9-11-20(12-16)15(18-3)19-10-8-13-6-4-5-7-14(13)17/h4-7H,8-12H2,1-3H3,(H,18,19). The van der Waals surface area contributed by atoms with Gasteiger partial charge < -0.3 is 10.2 Å². The minimum Gasteiger partial charge on any atom is -0.356 e. The number of guanidine groups is 1. The first kappa shape index (κ1) is 14.8. The fraction of sp³-hybridized carbons (Fsp3) is 0.562. The number of rotatable bonds is 3. The molecule has 0 radical (unpaired) electrons. The third-order valence-electron chi connectivity index (χ3n) is 3.82. The topological polar surface area (TPSA) is 27.6 Å². The van der Waals surface area contributed by atoms with Gasteiger partial charge >= 0.3 is 0 Å². The lowest BCUT2D eigenvalue weighted by Gasteiger charge is -2.23. The summed E-state index contributed by atoms with van der Waals surface area (Å²) < 4.78 is 13.5. The highest BCUT2D eigenvalue weighted by molar-refractivity contribution is 5.80. The fourth-order valence-corrected chi connectivity index (χ4v) is 2.64. The van der Waals surface area contributed by atoms with Gasteiger partial charge in [-0.15, -0.1) is 0 Å². The number of halogens is 1. The molecule has 0 amide bonds. The molecule has 1 N–H and O–H groups in total. The van der Waals surface area contributed by atoms with Gasteiger partial charge in [0, 0.05) is 26.7 Å². The van der Waals surface area contributed by atoms with Crippen LogP contribution in [0.15, 0.2) is 29.3 Å². The van der Waals surface area contributed by atoms with Crippen molar-refractivity contribution < 1.29 is 4.39 Å². The number of nitrogens with one attached hydrogen (secondary N) is 1. The van der Waals surface area contributed by atoms with E-state index in [-0.39, 0.29) is 5.82 Å². The Kier molecular flexibility index (Phi) is 4.63. The number of nitrogens with zero attached hydrogens (tertiary/aromatic N) is 2. The molecule has 1 aromatic carbocycles. The van der Waals surface area contributed by atoms with Gasteiger partial charge in [0.15, 0.2) is 5.96 Å². The number of aliphatic imine (C=N–C) groups is 1. The Morgan fingerprint density at radius 2 is 2.15 bits per heavy atom. The third kappa shape index (κ3) is 3.71. The van der Waals surface area contributed by atoms with E-state index < -0.39 is 0 Å². The third-order valence-corrected chi connectivity index (χ3v) is 3.82. The molecule has 1 fully saturated rings. The van der Waals surface area contributed by atoms with Crippen LogP contribution in [-0.4, -0.2) is 37.5 Å². The van der Waals surface area contributed by atoms with Gasteiger partial charge in [-0.1, -0.05) is 32.0 Å². The maximum atomic E-state index is 13.5. The van der Waals surface area contributed by atoms with Crippen LogP contribution in [-0.2, 0) is 6.42 Å². The second-order valence-electron chi connectivity index (χ2n) is 6.15. The summed E-state index contributed by atoms with van der Waals surface area (Å²) in [7, 11) is 1.80. The van der Waals surface area contributed by atoms with Gasteiger partial charge in [0.2, 0.25) is 0 Å². The molecule has 1 aliphatic rings. The van der Waals surface area contributed by atoms with Crippen molar-refractivity contribution in [2.75, 3.05) is 26.7 Å². The van der Waals surface area contributed by atoms with Crippen molar-refractivity contribution in [1.29, 1.82) is 0 Å². The number of hydrogen-bond acceptors (Lipinski definition) is 1. The van der Waals surface area contributed by atoms with Crippen molar-refractivity contribution in [3.05, 3.63) is 35.6 Å². The summed E-state index contributed by atoms with van der Waals surface area (Å²) in [6.07, 6.45) is 1.85. The zero-order chi connectivity index (χ0) is 14.6. The van der Waals surface area contributed by atoms with Crippen molar-refractivity contribution in [2.45, 2.75) is 26.7 Å². The zero-order valence-electron chi connectivity index (χ0n) is 12.6. The van der Waals surface area contributed by atoms with E-state index in [4.69, 9.17) is 0 Å². The van der Waals surface area contributed by atoms with Gasteiger partial charge in [0.1, 0.15) is 5.82 Å². The first-order valence-electron chi connectivity index (χ1n) is 7.21. The Labute approximate surface area is 120 Å². The molecule has 0 unspecified atom stereocenters. The molecule has 20 heavy (non-hydrogen) atoms. The summed E-state index contributed by atoms with van der Waals surface area (Å²) in [6, 6.07) is 6.93. The van der Waals surface area contributed by atoms with Crippen LogP contribution in [0.3, 0.4) is 0 Å². The summed E-state index contributed by atoms with van der Waals surface area (Å²) in [4.78, 5) is 6.61. The first-order valence-corrected chi connectivity index (χ1v) is 7.21. The zero-order valence-corrected chi connectivity index (χ0v) is 12.6. The monoisotopic (exact) mass is 277 g/mol. The Bertz CT molecular complexity index is 482. The maximum absolute atomic E-state index is 13.5.